The maximum Gasteiger partial charge on any atom is 0.433 e. The van der Waals surface area contributed by atoms with Gasteiger partial charge in [-0.15, -0.1) is 0 Å². The minimum absolute atomic E-state index is 0.303. The molecule has 0 aliphatic carbocycles. The van der Waals surface area contributed by atoms with Crippen LogP contribution in [0, 0.1) is 10.1 Å². The van der Waals surface area contributed by atoms with Gasteiger partial charge in [0, 0.05) is 6.07 Å². The first kappa shape index (κ1) is 11.8. The van der Waals surface area contributed by atoms with Crippen molar-refractivity contribution in [2.24, 2.45) is 4.99 Å². The van der Waals surface area contributed by atoms with Crippen LogP contribution < -0.4 is 4.74 Å². The van der Waals surface area contributed by atoms with Crippen LogP contribution in [-0.2, 0) is 0 Å². The summed E-state index contributed by atoms with van der Waals surface area (Å²) in [6.45, 7) is 0. The highest BCUT2D eigenvalue weighted by atomic mass is 16.6. The first-order valence-corrected chi connectivity index (χ1v) is 4.97. The number of hydrogen-bond donors (Lipinski definition) is 0. The van der Waals surface area contributed by atoms with Crippen LogP contribution in [0.5, 0.6) is 5.88 Å². The van der Waals surface area contributed by atoms with Crippen molar-refractivity contribution in [3.63, 3.8) is 0 Å². The molecular formula is C11H9N3O4. The number of nitrogens with zero attached hydrogens (tertiary/aromatic N) is 3. The van der Waals surface area contributed by atoms with E-state index in [0.717, 1.165) is 0 Å². The third-order valence-electron chi connectivity index (χ3n) is 2.06. The quantitative estimate of drug-likeness (QED) is 0.469. The van der Waals surface area contributed by atoms with Crippen molar-refractivity contribution in [2.45, 2.75) is 0 Å². The van der Waals surface area contributed by atoms with E-state index in [2.05, 4.69) is 9.98 Å². The monoisotopic (exact) mass is 247 g/mol. The maximum atomic E-state index is 10.4. The van der Waals surface area contributed by atoms with Crippen molar-refractivity contribution in [1.82, 2.24) is 4.98 Å². The molecule has 0 unspecified atom stereocenters. The van der Waals surface area contributed by atoms with Gasteiger partial charge in [-0.05, 0) is 12.1 Å². The second-order valence-corrected chi connectivity index (χ2v) is 3.25. The van der Waals surface area contributed by atoms with Gasteiger partial charge in [-0.25, -0.2) is 4.98 Å². The molecule has 0 aromatic carbocycles. The molecule has 2 heterocycles. The molecule has 0 fully saturated rings. The van der Waals surface area contributed by atoms with Crippen molar-refractivity contribution in [2.75, 3.05) is 7.11 Å². The zero-order valence-electron chi connectivity index (χ0n) is 9.44. The average Bonchev–Trinajstić information content (AvgIpc) is 2.86. The molecule has 0 radical (unpaired) electrons. The Hall–Kier alpha value is -2.70. The number of methoxy groups -OCH3 is 1. The maximum absolute atomic E-state index is 10.4. The molecule has 0 bridgehead atoms. The van der Waals surface area contributed by atoms with E-state index >= 15 is 0 Å². The highest BCUT2D eigenvalue weighted by molar-refractivity contribution is 5.78. The van der Waals surface area contributed by atoms with Crippen molar-refractivity contribution in [1.29, 1.82) is 0 Å². The molecule has 0 saturated heterocycles. The Kier molecular flexibility index (Phi) is 3.33. The minimum atomic E-state index is -0.605. The van der Waals surface area contributed by atoms with E-state index in [0.29, 0.717) is 17.3 Å². The van der Waals surface area contributed by atoms with Crippen LogP contribution in [0.1, 0.15) is 5.76 Å². The molecule has 18 heavy (non-hydrogen) atoms. The Morgan fingerprint density at radius 3 is 2.83 bits per heavy atom. The van der Waals surface area contributed by atoms with E-state index in [1.165, 1.54) is 31.7 Å². The summed E-state index contributed by atoms with van der Waals surface area (Å²) in [6.07, 6.45) is 2.91. The SMILES string of the molecule is COc1ccc(N=Cc2ccc([N+](=O)[O-])o2)cn1. The van der Waals surface area contributed by atoms with Gasteiger partial charge in [0.15, 0.2) is 5.76 Å². The smallest absolute Gasteiger partial charge is 0.433 e. The van der Waals surface area contributed by atoms with Crippen LogP contribution in [0.2, 0.25) is 0 Å². The molecule has 7 heteroatoms. The lowest BCUT2D eigenvalue weighted by Gasteiger charge is -1.96. The normalized spacial score (nSPS) is 10.7. The van der Waals surface area contributed by atoms with Gasteiger partial charge in [0.05, 0.1) is 31.3 Å². The number of nitro groups is 1. The number of rotatable bonds is 4. The highest BCUT2D eigenvalue weighted by Gasteiger charge is 2.10. The van der Waals surface area contributed by atoms with E-state index in [1.54, 1.807) is 12.1 Å². The Balaban J connectivity index is 2.11. The van der Waals surface area contributed by atoms with E-state index in [-0.39, 0.29) is 5.88 Å². The molecule has 2 aromatic rings. The summed E-state index contributed by atoms with van der Waals surface area (Å²) in [7, 11) is 1.52. The van der Waals surface area contributed by atoms with Crippen molar-refractivity contribution >= 4 is 17.8 Å². The van der Waals surface area contributed by atoms with Gasteiger partial charge in [0.2, 0.25) is 5.88 Å². The average molecular weight is 247 g/mol. The van der Waals surface area contributed by atoms with Crippen LogP contribution in [0.3, 0.4) is 0 Å². The van der Waals surface area contributed by atoms with Crippen molar-refractivity contribution < 1.29 is 14.1 Å². The standard InChI is InChI=1S/C11H9N3O4/c1-17-10-4-2-8(6-13-10)12-7-9-3-5-11(18-9)14(15)16/h2-7H,1H3. The topological polar surface area (TPSA) is 90.8 Å². The lowest BCUT2D eigenvalue weighted by molar-refractivity contribution is -0.402. The Labute approximate surface area is 102 Å². The molecule has 92 valence electrons. The van der Waals surface area contributed by atoms with Gasteiger partial charge in [0.25, 0.3) is 0 Å². The van der Waals surface area contributed by atoms with E-state index in [4.69, 9.17) is 9.15 Å². The third kappa shape index (κ3) is 2.70. The number of aromatic nitrogens is 1. The van der Waals surface area contributed by atoms with Gasteiger partial charge in [-0.1, -0.05) is 0 Å². The number of pyridine rings is 1. The zero-order chi connectivity index (χ0) is 13.0. The summed E-state index contributed by atoms with van der Waals surface area (Å²) in [6, 6.07) is 6.11. The van der Waals surface area contributed by atoms with Gasteiger partial charge in [-0.2, -0.15) is 0 Å². The van der Waals surface area contributed by atoms with Gasteiger partial charge in [0.1, 0.15) is 4.92 Å². The molecule has 0 spiro atoms. The van der Waals surface area contributed by atoms with Crippen LogP contribution in [0.25, 0.3) is 0 Å². The van der Waals surface area contributed by atoms with Crippen LogP contribution in [-0.4, -0.2) is 23.2 Å². The lowest BCUT2D eigenvalue weighted by atomic mass is 10.4. The predicted molar refractivity (Wildman–Crippen MR) is 63.4 cm³/mol. The minimum Gasteiger partial charge on any atom is -0.481 e. The molecule has 0 amide bonds. The molecule has 2 aromatic heterocycles. The molecular weight excluding hydrogens is 238 g/mol. The number of aliphatic imine (C=N–C) groups is 1. The first-order valence-electron chi connectivity index (χ1n) is 4.97. The molecule has 0 aliphatic heterocycles. The summed E-state index contributed by atoms with van der Waals surface area (Å²) >= 11 is 0. The second-order valence-electron chi connectivity index (χ2n) is 3.25. The number of ether oxygens (including phenoxy) is 1. The van der Waals surface area contributed by atoms with Gasteiger partial charge in [-0.3, -0.25) is 15.1 Å². The Morgan fingerprint density at radius 1 is 1.44 bits per heavy atom. The summed E-state index contributed by atoms with van der Waals surface area (Å²) in [5, 5.41) is 10.4. The highest BCUT2D eigenvalue weighted by Crippen LogP contribution is 2.17. The molecule has 0 saturated carbocycles. The lowest BCUT2D eigenvalue weighted by Crippen LogP contribution is -1.85. The predicted octanol–water partition coefficient (Wildman–Crippen LogP) is 2.34. The molecule has 0 N–H and O–H groups in total. The largest absolute Gasteiger partial charge is 0.481 e. The molecule has 2 rings (SSSR count). The molecule has 7 nitrogen and oxygen atoms in total. The zero-order valence-corrected chi connectivity index (χ0v) is 9.44. The van der Waals surface area contributed by atoms with Gasteiger partial charge < -0.3 is 9.15 Å². The van der Waals surface area contributed by atoms with Crippen molar-refractivity contribution in [3.8, 4) is 5.88 Å². The second kappa shape index (κ2) is 5.09. The third-order valence-corrected chi connectivity index (χ3v) is 2.06. The Bertz CT molecular complexity index is 574. The van der Waals surface area contributed by atoms with E-state index in [9.17, 15) is 10.1 Å². The molecule has 0 atom stereocenters. The van der Waals surface area contributed by atoms with Gasteiger partial charge >= 0.3 is 5.88 Å². The summed E-state index contributed by atoms with van der Waals surface area (Å²) < 4.78 is 9.82. The fourth-order valence-electron chi connectivity index (χ4n) is 1.22. The van der Waals surface area contributed by atoms with Crippen LogP contribution in [0.15, 0.2) is 39.9 Å². The van der Waals surface area contributed by atoms with E-state index in [1.807, 2.05) is 0 Å². The van der Waals surface area contributed by atoms with Crippen LogP contribution >= 0.6 is 0 Å². The van der Waals surface area contributed by atoms with Crippen LogP contribution in [0.4, 0.5) is 11.6 Å². The summed E-state index contributed by atoms with van der Waals surface area (Å²) in [5.41, 5.74) is 0.592. The van der Waals surface area contributed by atoms with Crippen molar-refractivity contribution in [3.05, 3.63) is 46.3 Å². The summed E-state index contributed by atoms with van der Waals surface area (Å²) in [5.74, 6) is 0.476. The fourth-order valence-corrected chi connectivity index (χ4v) is 1.22. The number of furan rings is 1. The van der Waals surface area contributed by atoms with E-state index < -0.39 is 4.92 Å². The fraction of sp³-hybridized carbons (Fsp3) is 0.0909. The molecule has 0 aliphatic rings. The Morgan fingerprint density at radius 2 is 2.28 bits per heavy atom. The number of hydrogen-bond acceptors (Lipinski definition) is 6. The summed E-state index contributed by atoms with van der Waals surface area (Å²) in [4.78, 5) is 17.8. The first-order chi connectivity index (χ1) is 8.69.